The van der Waals surface area contributed by atoms with E-state index in [9.17, 15) is 4.39 Å². The summed E-state index contributed by atoms with van der Waals surface area (Å²) in [6, 6.07) is 35.3. The summed E-state index contributed by atoms with van der Waals surface area (Å²) in [7, 11) is 0. The number of rotatable bonds is 4. The summed E-state index contributed by atoms with van der Waals surface area (Å²) in [5, 5.41) is 0.699. The van der Waals surface area contributed by atoms with Gasteiger partial charge in [-0.2, -0.15) is 0 Å². The standard InChI is InChI=1S/C30H18Br2ClF/c31-28-10-3-1-8-25(28)21-14-22(26-9-2-4-11-30(26)33)16-23(15-21)27-18-20(12-13-29(27)32)19-6-5-7-24(34)17-19/h1-18H. The monoisotopic (exact) mass is 590 g/mol. The fraction of sp³-hybridized carbons (Fsp3) is 0. The molecular weight excluding hydrogens is 575 g/mol. The van der Waals surface area contributed by atoms with Gasteiger partial charge in [0.25, 0.3) is 0 Å². The molecule has 0 saturated carbocycles. The molecule has 5 rings (SSSR count). The van der Waals surface area contributed by atoms with Crippen molar-refractivity contribution in [2.24, 2.45) is 0 Å². The molecule has 0 nitrogen and oxygen atoms in total. The molecule has 0 unspecified atom stereocenters. The maximum atomic E-state index is 13.9. The van der Waals surface area contributed by atoms with Crippen molar-refractivity contribution in [2.45, 2.75) is 0 Å². The molecule has 0 fully saturated rings. The molecule has 0 aliphatic carbocycles. The molecule has 5 aromatic rings. The second kappa shape index (κ2) is 9.87. The first-order valence-electron chi connectivity index (χ1n) is 10.7. The molecule has 0 aliphatic rings. The van der Waals surface area contributed by atoms with Crippen LogP contribution in [0.25, 0.3) is 44.5 Å². The molecule has 0 aromatic heterocycles. The molecule has 0 spiro atoms. The van der Waals surface area contributed by atoms with Gasteiger partial charge in [-0.05, 0) is 93.5 Å². The molecule has 0 N–H and O–H groups in total. The van der Waals surface area contributed by atoms with Crippen molar-refractivity contribution < 1.29 is 4.39 Å². The average Bonchev–Trinajstić information content (AvgIpc) is 2.84. The minimum atomic E-state index is -0.251. The van der Waals surface area contributed by atoms with Crippen molar-refractivity contribution in [1.29, 1.82) is 0 Å². The lowest BCUT2D eigenvalue weighted by molar-refractivity contribution is 0.628. The van der Waals surface area contributed by atoms with Gasteiger partial charge in [-0.15, -0.1) is 0 Å². The molecule has 0 heterocycles. The van der Waals surface area contributed by atoms with Crippen molar-refractivity contribution >= 4 is 43.5 Å². The third kappa shape index (κ3) is 4.74. The zero-order valence-corrected chi connectivity index (χ0v) is 21.8. The summed E-state index contributed by atoms with van der Waals surface area (Å²) in [4.78, 5) is 0. The van der Waals surface area contributed by atoms with Crippen LogP contribution in [0.3, 0.4) is 0 Å². The molecule has 0 atom stereocenters. The maximum Gasteiger partial charge on any atom is 0.123 e. The third-order valence-corrected chi connectivity index (χ3v) is 7.45. The normalized spacial score (nSPS) is 10.9. The highest BCUT2D eigenvalue weighted by molar-refractivity contribution is 9.11. The van der Waals surface area contributed by atoms with Crippen molar-refractivity contribution in [3.63, 3.8) is 0 Å². The third-order valence-electron chi connectivity index (χ3n) is 5.74. The molecule has 0 bridgehead atoms. The van der Waals surface area contributed by atoms with Gasteiger partial charge in [-0.25, -0.2) is 4.39 Å². The lowest BCUT2D eigenvalue weighted by Crippen LogP contribution is -1.89. The van der Waals surface area contributed by atoms with Crippen LogP contribution in [0, 0.1) is 5.82 Å². The lowest BCUT2D eigenvalue weighted by Gasteiger charge is -2.15. The van der Waals surface area contributed by atoms with Crippen molar-refractivity contribution in [1.82, 2.24) is 0 Å². The summed E-state index contributed by atoms with van der Waals surface area (Å²) in [6.07, 6.45) is 0. The van der Waals surface area contributed by atoms with Crippen molar-refractivity contribution in [3.05, 3.63) is 129 Å². The highest BCUT2D eigenvalue weighted by Crippen LogP contribution is 2.40. The maximum absolute atomic E-state index is 13.9. The highest BCUT2D eigenvalue weighted by Gasteiger charge is 2.13. The number of hydrogen-bond donors (Lipinski definition) is 0. The largest absolute Gasteiger partial charge is 0.207 e. The Bertz CT molecular complexity index is 1450. The SMILES string of the molecule is Fc1cccc(-c2ccc(Br)c(-c3cc(-c4ccccc4Cl)cc(-c4ccccc4Br)c3)c2)c1. The van der Waals surface area contributed by atoms with Crippen LogP contribution in [0.2, 0.25) is 5.02 Å². The molecule has 5 aromatic carbocycles. The molecule has 34 heavy (non-hydrogen) atoms. The van der Waals surface area contributed by atoms with E-state index in [-0.39, 0.29) is 5.82 Å². The Hall–Kier alpha value is -2.72. The number of halogens is 4. The van der Waals surface area contributed by atoms with Crippen molar-refractivity contribution in [2.75, 3.05) is 0 Å². The van der Waals surface area contributed by atoms with Gasteiger partial charge in [0.05, 0.1) is 0 Å². The van der Waals surface area contributed by atoms with Gasteiger partial charge in [0, 0.05) is 19.5 Å². The molecule has 0 radical (unpaired) electrons. The zero-order valence-electron chi connectivity index (χ0n) is 17.9. The average molecular weight is 593 g/mol. The highest BCUT2D eigenvalue weighted by atomic mass is 79.9. The Balaban J connectivity index is 1.74. The van der Waals surface area contributed by atoms with Gasteiger partial charge in [0.2, 0.25) is 0 Å². The van der Waals surface area contributed by atoms with E-state index in [1.165, 1.54) is 6.07 Å². The summed E-state index contributed by atoms with van der Waals surface area (Å²) in [5.41, 5.74) is 7.99. The Morgan fingerprint density at radius 1 is 0.471 bits per heavy atom. The Morgan fingerprint density at radius 2 is 1.06 bits per heavy atom. The van der Waals surface area contributed by atoms with E-state index in [4.69, 9.17) is 11.6 Å². The minimum absolute atomic E-state index is 0.251. The first-order chi connectivity index (χ1) is 16.5. The summed E-state index contributed by atoms with van der Waals surface area (Å²) in [5.74, 6) is -0.251. The first-order valence-corrected chi connectivity index (χ1v) is 12.7. The van der Waals surface area contributed by atoms with E-state index in [1.54, 1.807) is 12.1 Å². The van der Waals surface area contributed by atoms with Crippen LogP contribution in [-0.4, -0.2) is 0 Å². The topological polar surface area (TPSA) is 0 Å². The number of hydrogen-bond acceptors (Lipinski definition) is 0. The van der Waals surface area contributed by atoms with Crippen molar-refractivity contribution in [3.8, 4) is 44.5 Å². The van der Waals surface area contributed by atoms with Gasteiger partial charge in [-0.1, -0.05) is 98.1 Å². The van der Waals surface area contributed by atoms with E-state index in [2.05, 4.69) is 62.2 Å². The van der Waals surface area contributed by atoms with Gasteiger partial charge in [-0.3, -0.25) is 0 Å². The predicted octanol–water partition coefficient (Wildman–Crippen LogP) is 10.7. The van der Waals surface area contributed by atoms with Crippen LogP contribution in [0.1, 0.15) is 0 Å². The van der Waals surface area contributed by atoms with Gasteiger partial charge >= 0.3 is 0 Å². The fourth-order valence-electron chi connectivity index (χ4n) is 4.08. The van der Waals surface area contributed by atoms with Gasteiger partial charge < -0.3 is 0 Å². The van der Waals surface area contributed by atoms with Crippen LogP contribution in [0.4, 0.5) is 4.39 Å². The first kappa shape index (κ1) is 23.0. The zero-order chi connectivity index (χ0) is 23.7. The molecule has 166 valence electrons. The summed E-state index contributed by atoms with van der Waals surface area (Å²) in [6.45, 7) is 0. The van der Waals surface area contributed by atoms with Gasteiger partial charge in [0.1, 0.15) is 5.82 Å². The second-order valence-electron chi connectivity index (χ2n) is 7.96. The summed E-state index contributed by atoms with van der Waals surface area (Å²) >= 11 is 14.0. The predicted molar refractivity (Wildman–Crippen MR) is 149 cm³/mol. The van der Waals surface area contributed by atoms with Crippen LogP contribution < -0.4 is 0 Å². The van der Waals surface area contributed by atoms with Crippen LogP contribution in [-0.2, 0) is 0 Å². The molecule has 0 saturated heterocycles. The minimum Gasteiger partial charge on any atom is -0.207 e. The van der Waals surface area contributed by atoms with E-state index < -0.39 is 0 Å². The van der Waals surface area contributed by atoms with E-state index >= 15 is 0 Å². The van der Waals surface area contributed by atoms with Crippen LogP contribution >= 0.6 is 43.5 Å². The van der Waals surface area contributed by atoms with Crippen LogP contribution in [0.15, 0.2) is 118 Å². The lowest BCUT2D eigenvalue weighted by atomic mass is 9.92. The van der Waals surface area contributed by atoms with E-state index in [1.807, 2.05) is 60.7 Å². The quantitative estimate of drug-likeness (QED) is 0.195. The number of benzene rings is 5. The molecule has 0 amide bonds. The van der Waals surface area contributed by atoms with Crippen LogP contribution in [0.5, 0.6) is 0 Å². The molecule has 4 heteroatoms. The van der Waals surface area contributed by atoms with Gasteiger partial charge in [0.15, 0.2) is 0 Å². The second-order valence-corrected chi connectivity index (χ2v) is 10.1. The smallest absolute Gasteiger partial charge is 0.123 e. The Kier molecular flexibility index (Phi) is 6.69. The van der Waals surface area contributed by atoms with E-state index in [0.29, 0.717) is 5.02 Å². The fourth-order valence-corrected chi connectivity index (χ4v) is 5.31. The Labute approximate surface area is 220 Å². The summed E-state index contributed by atoms with van der Waals surface area (Å²) < 4.78 is 15.9. The Morgan fingerprint density at radius 3 is 1.76 bits per heavy atom. The molecular formula is C30H18Br2ClF. The molecule has 0 aliphatic heterocycles. The van der Waals surface area contributed by atoms with E-state index in [0.717, 1.165) is 53.5 Å².